The van der Waals surface area contributed by atoms with Gasteiger partial charge in [-0.15, -0.1) is 0 Å². The van der Waals surface area contributed by atoms with Crippen molar-refractivity contribution < 1.29 is 19.1 Å². The fraction of sp³-hybridized carbons (Fsp3) is 0.391. The molecule has 0 N–H and O–H groups in total. The van der Waals surface area contributed by atoms with Crippen LogP contribution in [-0.4, -0.2) is 56.7 Å². The molecular weight excluding hydrogens is 368 g/mol. The zero-order valence-electron chi connectivity index (χ0n) is 17.3. The molecule has 0 atom stereocenters. The number of benzene rings is 2. The number of amides is 1. The van der Waals surface area contributed by atoms with Crippen molar-refractivity contribution in [1.29, 1.82) is 0 Å². The molecule has 0 aromatic heterocycles. The third kappa shape index (κ3) is 4.70. The van der Waals surface area contributed by atoms with Crippen molar-refractivity contribution in [3.8, 4) is 5.75 Å². The van der Waals surface area contributed by atoms with Crippen LogP contribution >= 0.6 is 0 Å². The Morgan fingerprint density at radius 3 is 2.21 bits per heavy atom. The Morgan fingerprint density at radius 2 is 1.55 bits per heavy atom. The molecule has 0 saturated carbocycles. The Balaban J connectivity index is 1.52. The molecule has 2 aromatic carbocycles. The summed E-state index contributed by atoms with van der Waals surface area (Å²) in [6.07, 6.45) is 0. The molecule has 1 aliphatic rings. The van der Waals surface area contributed by atoms with Gasteiger partial charge in [-0.25, -0.2) is 0 Å². The molecule has 154 valence electrons. The number of anilines is 1. The maximum Gasteiger partial charge on any atom is 0.316 e. The monoisotopic (exact) mass is 396 g/mol. The second kappa shape index (κ2) is 8.99. The van der Waals surface area contributed by atoms with E-state index >= 15 is 0 Å². The van der Waals surface area contributed by atoms with Crippen LogP contribution in [0.1, 0.15) is 19.4 Å². The minimum Gasteiger partial charge on any atom is -0.495 e. The Labute approximate surface area is 172 Å². The molecule has 1 fully saturated rings. The van der Waals surface area contributed by atoms with E-state index in [-0.39, 0.29) is 12.5 Å². The van der Waals surface area contributed by atoms with Gasteiger partial charge in [-0.2, -0.15) is 0 Å². The van der Waals surface area contributed by atoms with E-state index in [9.17, 15) is 9.59 Å². The third-order valence-corrected chi connectivity index (χ3v) is 5.39. The predicted molar refractivity (Wildman–Crippen MR) is 112 cm³/mol. The number of esters is 1. The molecule has 1 saturated heterocycles. The van der Waals surface area contributed by atoms with Gasteiger partial charge in [0.25, 0.3) is 5.91 Å². The predicted octanol–water partition coefficient (Wildman–Crippen LogP) is 2.86. The van der Waals surface area contributed by atoms with E-state index in [1.165, 1.54) is 0 Å². The highest BCUT2D eigenvalue weighted by molar-refractivity contribution is 5.86. The summed E-state index contributed by atoms with van der Waals surface area (Å²) in [5, 5.41) is 0. The molecular formula is C23H28N2O4. The summed E-state index contributed by atoms with van der Waals surface area (Å²) < 4.78 is 10.8. The zero-order valence-corrected chi connectivity index (χ0v) is 17.3. The van der Waals surface area contributed by atoms with Crippen LogP contribution in [0.2, 0.25) is 0 Å². The normalized spacial score (nSPS) is 14.4. The van der Waals surface area contributed by atoms with E-state index in [4.69, 9.17) is 9.47 Å². The summed E-state index contributed by atoms with van der Waals surface area (Å²) >= 11 is 0. The van der Waals surface area contributed by atoms with Crippen LogP contribution in [0.4, 0.5) is 5.69 Å². The van der Waals surface area contributed by atoms with Crippen LogP contribution in [-0.2, 0) is 19.7 Å². The molecule has 0 spiro atoms. The summed E-state index contributed by atoms with van der Waals surface area (Å²) in [6, 6.07) is 17.3. The maximum atomic E-state index is 12.5. The van der Waals surface area contributed by atoms with Crippen molar-refractivity contribution in [2.45, 2.75) is 19.3 Å². The Hall–Kier alpha value is -3.02. The van der Waals surface area contributed by atoms with E-state index < -0.39 is 11.4 Å². The van der Waals surface area contributed by atoms with E-state index in [1.807, 2.05) is 54.6 Å². The largest absolute Gasteiger partial charge is 0.495 e. The van der Waals surface area contributed by atoms with Crippen molar-refractivity contribution in [2.24, 2.45) is 0 Å². The number of carbonyl (C=O) groups excluding carboxylic acids is 2. The molecule has 1 aliphatic heterocycles. The smallest absolute Gasteiger partial charge is 0.316 e. The highest BCUT2D eigenvalue weighted by atomic mass is 16.5. The minimum atomic E-state index is -0.801. The van der Waals surface area contributed by atoms with Crippen LogP contribution in [0, 0.1) is 0 Å². The van der Waals surface area contributed by atoms with Gasteiger partial charge in [-0.3, -0.25) is 9.59 Å². The van der Waals surface area contributed by atoms with Crippen molar-refractivity contribution >= 4 is 17.6 Å². The van der Waals surface area contributed by atoms with Crippen LogP contribution in [0.25, 0.3) is 0 Å². The topological polar surface area (TPSA) is 59.1 Å². The second-order valence-electron chi connectivity index (χ2n) is 7.61. The van der Waals surface area contributed by atoms with Crippen LogP contribution in [0.3, 0.4) is 0 Å². The zero-order chi connectivity index (χ0) is 20.9. The van der Waals surface area contributed by atoms with E-state index in [1.54, 1.807) is 25.9 Å². The maximum absolute atomic E-state index is 12.5. The van der Waals surface area contributed by atoms with Gasteiger partial charge in [0.05, 0.1) is 18.2 Å². The minimum absolute atomic E-state index is 0.165. The fourth-order valence-electron chi connectivity index (χ4n) is 3.46. The molecule has 1 heterocycles. The van der Waals surface area contributed by atoms with Gasteiger partial charge >= 0.3 is 5.97 Å². The molecule has 29 heavy (non-hydrogen) atoms. The molecule has 1 amide bonds. The van der Waals surface area contributed by atoms with Crippen molar-refractivity contribution in [3.63, 3.8) is 0 Å². The number of para-hydroxylation sites is 2. The van der Waals surface area contributed by atoms with Crippen molar-refractivity contribution in [3.05, 3.63) is 60.2 Å². The molecule has 0 aliphatic carbocycles. The number of hydrogen-bond acceptors (Lipinski definition) is 5. The number of hydrogen-bond donors (Lipinski definition) is 0. The van der Waals surface area contributed by atoms with Gasteiger partial charge in [0.2, 0.25) is 0 Å². The quantitative estimate of drug-likeness (QED) is 0.703. The Bertz CT molecular complexity index is 843. The van der Waals surface area contributed by atoms with E-state index in [0.29, 0.717) is 26.2 Å². The van der Waals surface area contributed by atoms with E-state index in [2.05, 4.69) is 4.90 Å². The van der Waals surface area contributed by atoms with Crippen molar-refractivity contribution in [2.75, 3.05) is 44.8 Å². The lowest BCUT2D eigenvalue weighted by Crippen LogP contribution is -2.50. The number of nitrogens with zero attached hydrogens (tertiary/aromatic N) is 2. The first-order valence-corrected chi connectivity index (χ1v) is 9.82. The summed E-state index contributed by atoms with van der Waals surface area (Å²) in [7, 11) is 1.66. The molecule has 3 rings (SSSR count). The van der Waals surface area contributed by atoms with Gasteiger partial charge in [0.15, 0.2) is 6.61 Å². The number of ether oxygens (including phenoxy) is 2. The van der Waals surface area contributed by atoms with Gasteiger partial charge in [-0.05, 0) is 31.5 Å². The Morgan fingerprint density at radius 1 is 0.931 bits per heavy atom. The van der Waals surface area contributed by atoms with E-state index in [0.717, 1.165) is 17.0 Å². The molecule has 0 unspecified atom stereocenters. The lowest BCUT2D eigenvalue weighted by molar-refractivity contribution is -0.156. The summed E-state index contributed by atoms with van der Waals surface area (Å²) in [4.78, 5) is 29.0. The van der Waals surface area contributed by atoms with Crippen molar-refractivity contribution in [1.82, 2.24) is 4.90 Å². The molecule has 2 aromatic rings. The highest BCUT2D eigenvalue weighted by Crippen LogP contribution is 2.28. The SMILES string of the molecule is COc1ccccc1N1CCN(C(=O)COC(=O)C(C)(C)c2ccccc2)CC1. The highest BCUT2D eigenvalue weighted by Gasteiger charge is 2.32. The summed E-state index contributed by atoms with van der Waals surface area (Å²) in [6.45, 7) is 5.95. The van der Waals surface area contributed by atoms with Gasteiger partial charge in [-0.1, -0.05) is 42.5 Å². The number of rotatable bonds is 6. The molecule has 6 heteroatoms. The first kappa shape index (κ1) is 20.7. The summed E-state index contributed by atoms with van der Waals surface area (Å²) in [5.41, 5.74) is 1.09. The van der Waals surface area contributed by atoms with Crippen LogP contribution in [0.5, 0.6) is 5.75 Å². The fourth-order valence-corrected chi connectivity index (χ4v) is 3.46. The van der Waals surface area contributed by atoms with Crippen LogP contribution in [0.15, 0.2) is 54.6 Å². The van der Waals surface area contributed by atoms with Gasteiger partial charge < -0.3 is 19.3 Å². The standard InChI is InChI=1S/C23H28N2O4/c1-23(2,18-9-5-4-6-10-18)22(27)29-17-21(26)25-15-13-24(14-16-25)19-11-7-8-12-20(19)28-3/h4-12H,13-17H2,1-3H3. The molecule has 6 nitrogen and oxygen atoms in total. The number of methoxy groups -OCH3 is 1. The lowest BCUT2D eigenvalue weighted by Gasteiger charge is -2.36. The third-order valence-electron chi connectivity index (χ3n) is 5.39. The first-order chi connectivity index (χ1) is 13.9. The number of carbonyl (C=O) groups is 2. The Kier molecular flexibility index (Phi) is 6.42. The molecule has 0 bridgehead atoms. The molecule has 0 radical (unpaired) electrons. The number of piperazine rings is 1. The second-order valence-corrected chi connectivity index (χ2v) is 7.61. The average Bonchev–Trinajstić information content (AvgIpc) is 2.77. The van der Waals surface area contributed by atoms with Gasteiger partial charge in [0.1, 0.15) is 5.75 Å². The van der Waals surface area contributed by atoms with Crippen LogP contribution < -0.4 is 9.64 Å². The lowest BCUT2D eigenvalue weighted by atomic mass is 9.85. The van der Waals surface area contributed by atoms with Gasteiger partial charge in [0, 0.05) is 26.2 Å². The first-order valence-electron chi connectivity index (χ1n) is 9.82. The average molecular weight is 396 g/mol. The summed E-state index contributed by atoms with van der Waals surface area (Å²) in [5.74, 6) is 0.260.